The van der Waals surface area contributed by atoms with Gasteiger partial charge in [0.2, 0.25) is 0 Å². The summed E-state index contributed by atoms with van der Waals surface area (Å²) < 4.78 is 4.17. The third-order valence-corrected chi connectivity index (χ3v) is 0.749. The number of nitrogens with one attached hydrogen (secondary N) is 1. The molecule has 0 spiro atoms. The minimum Gasteiger partial charge on any atom is -0.435 e. The van der Waals surface area contributed by atoms with Crippen molar-refractivity contribution < 1.29 is 9.53 Å². The first kappa shape index (κ1) is 12.8. The smallest absolute Gasteiger partial charge is 0.307 e. The van der Waals surface area contributed by atoms with E-state index in [9.17, 15) is 4.79 Å². The van der Waals surface area contributed by atoms with E-state index in [1.165, 1.54) is 6.92 Å². The second kappa shape index (κ2) is 11.9. The molecule has 3 nitrogen and oxygen atoms in total. The highest BCUT2D eigenvalue weighted by Gasteiger charge is 1.79. The Balaban J connectivity index is 0. The summed E-state index contributed by atoms with van der Waals surface area (Å²) in [5, 5.41) is 3.11. The molecule has 0 aromatic rings. The summed E-state index contributed by atoms with van der Waals surface area (Å²) in [4.78, 5) is 9.75. The first-order valence-electron chi connectivity index (χ1n) is 3.67. The van der Waals surface area contributed by atoms with Crippen molar-refractivity contribution in [3.8, 4) is 0 Å². The number of ether oxygens (including phenoxy) is 1. The molecule has 0 aliphatic carbocycles. The van der Waals surface area contributed by atoms with Gasteiger partial charge in [0.1, 0.15) is 0 Å². The molecule has 0 radical (unpaired) electrons. The second-order valence-corrected chi connectivity index (χ2v) is 1.73. The van der Waals surface area contributed by atoms with Crippen molar-refractivity contribution in [2.45, 2.75) is 20.8 Å². The lowest BCUT2D eigenvalue weighted by Gasteiger charge is -1.86. The van der Waals surface area contributed by atoms with Crippen LogP contribution in [0.15, 0.2) is 12.8 Å². The topological polar surface area (TPSA) is 38.3 Å². The van der Waals surface area contributed by atoms with Crippen LogP contribution in [0.1, 0.15) is 20.8 Å². The molecule has 0 aromatic carbocycles. The normalized spacial score (nSPS) is 7.55. The van der Waals surface area contributed by atoms with E-state index in [1.807, 2.05) is 0 Å². The molecular formula is C8H17NO2. The predicted molar refractivity (Wildman–Crippen MR) is 46.2 cm³/mol. The van der Waals surface area contributed by atoms with E-state index in [-0.39, 0.29) is 5.97 Å². The maximum atomic E-state index is 9.75. The molecule has 0 heterocycles. The number of rotatable bonds is 3. The Morgan fingerprint density at radius 1 is 1.55 bits per heavy atom. The van der Waals surface area contributed by atoms with Gasteiger partial charge >= 0.3 is 5.97 Å². The molecule has 0 fully saturated rings. The summed E-state index contributed by atoms with van der Waals surface area (Å²) in [6.07, 6.45) is 1.10. The molecule has 0 bridgehead atoms. The Hall–Kier alpha value is -0.830. The fourth-order valence-corrected chi connectivity index (χ4v) is 0.367. The first-order valence-corrected chi connectivity index (χ1v) is 3.67. The number of hydrogen-bond acceptors (Lipinski definition) is 3. The summed E-state index contributed by atoms with van der Waals surface area (Å²) >= 11 is 0. The average molecular weight is 159 g/mol. The van der Waals surface area contributed by atoms with Crippen LogP contribution in [-0.4, -0.2) is 19.1 Å². The van der Waals surface area contributed by atoms with Gasteiger partial charge in [-0.25, -0.2) is 0 Å². The largest absolute Gasteiger partial charge is 0.435 e. The van der Waals surface area contributed by atoms with Crippen molar-refractivity contribution in [3.05, 3.63) is 12.8 Å². The standard InChI is InChI=1S/C4H11N.C4H6O2/c1-3-5-4-2;1-3-6-4(2)5/h5H,3-4H2,1-2H3;3H,1H2,2H3. The van der Waals surface area contributed by atoms with Crippen LogP contribution in [0.2, 0.25) is 0 Å². The maximum Gasteiger partial charge on any atom is 0.307 e. The SMILES string of the molecule is C=COC(C)=O.CCNCC. The molecule has 0 aromatic heterocycles. The van der Waals surface area contributed by atoms with Crippen LogP contribution in [0.4, 0.5) is 0 Å². The minimum atomic E-state index is -0.329. The van der Waals surface area contributed by atoms with Crippen molar-refractivity contribution in [1.82, 2.24) is 5.32 Å². The molecule has 1 N–H and O–H groups in total. The average Bonchev–Trinajstić information content (AvgIpc) is 1.90. The lowest BCUT2D eigenvalue weighted by atomic mass is 10.7. The molecule has 66 valence electrons. The van der Waals surface area contributed by atoms with Crippen LogP contribution in [0.25, 0.3) is 0 Å². The molecule has 0 atom stereocenters. The summed E-state index contributed by atoms with van der Waals surface area (Å²) in [6.45, 7) is 10.9. The van der Waals surface area contributed by atoms with Crippen LogP contribution in [-0.2, 0) is 9.53 Å². The Kier molecular flexibility index (Phi) is 13.9. The molecule has 3 heteroatoms. The highest BCUT2D eigenvalue weighted by molar-refractivity contribution is 5.66. The maximum absolute atomic E-state index is 9.75. The van der Waals surface area contributed by atoms with Gasteiger partial charge < -0.3 is 10.1 Å². The van der Waals surface area contributed by atoms with Crippen molar-refractivity contribution in [2.75, 3.05) is 13.1 Å². The number of esters is 1. The summed E-state index contributed by atoms with van der Waals surface area (Å²) in [7, 11) is 0. The molecule has 0 saturated heterocycles. The van der Waals surface area contributed by atoms with Gasteiger partial charge in [0.25, 0.3) is 0 Å². The van der Waals surface area contributed by atoms with Crippen LogP contribution in [0, 0.1) is 0 Å². The van der Waals surface area contributed by atoms with Gasteiger partial charge in [-0.2, -0.15) is 0 Å². The van der Waals surface area contributed by atoms with Crippen molar-refractivity contribution >= 4 is 5.97 Å². The molecule has 11 heavy (non-hydrogen) atoms. The fraction of sp³-hybridized carbons (Fsp3) is 0.625. The van der Waals surface area contributed by atoms with Crippen LogP contribution in [0.3, 0.4) is 0 Å². The van der Waals surface area contributed by atoms with E-state index in [1.54, 1.807) is 0 Å². The lowest BCUT2D eigenvalue weighted by Crippen LogP contribution is -2.09. The van der Waals surface area contributed by atoms with Crippen LogP contribution in [0.5, 0.6) is 0 Å². The summed E-state index contributed by atoms with van der Waals surface area (Å²) in [6, 6.07) is 0. The number of carbonyl (C=O) groups is 1. The monoisotopic (exact) mass is 159 g/mol. The number of hydrogen-bond donors (Lipinski definition) is 1. The summed E-state index contributed by atoms with van der Waals surface area (Å²) in [5.41, 5.74) is 0. The Bertz CT molecular complexity index is 100. The Labute approximate surface area is 68.4 Å². The van der Waals surface area contributed by atoms with E-state index >= 15 is 0 Å². The minimum absolute atomic E-state index is 0.329. The third kappa shape index (κ3) is 27.1. The van der Waals surface area contributed by atoms with Gasteiger partial charge in [-0.1, -0.05) is 20.4 Å². The van der Waals surface area contributed by atoms with Gasteiger partial charge in [-0.15, -0.1) is 0 Å². The quantitative estimate of drug-likeness (QED) is 0.498. The van der Waals surface area contributed by atoms with E-state index in [0.717, 1.165) is 19.4 Å². The first-order chi connectivity index (χ1) is 5.18. The second-order valence-electron chi connectivity index (χ2n) is 1.73. The molecule has 0 saturated carbocycles. The summed E-state index contributed by atoms with van der Waals surface area (Å²) in [5.74, 6) is -0.329. The highest BCUT2D eigenvalue weighted by Crippen LogP contribution is 1.70. The van der Waals surface area contributed by atoms with Gasteiger partial charge in [-0.3, -0.25) is 4.79 Å². The zero-order valence-electron chi connectivity index (χ0n) is 7.52. The zero-order valence-corrected chi connectivity index (χ0v) is 7.52. The van der Waals surface area contributed by atoms with E-state index in [0.29, 0.717) is 0 Å². The Morgan fingerprint density at radius 2 is 2.00 bits per heavy atom. The molecule has 0 amide bonds. The van der Waals surface area contributed by atoms with Crippen molar-refractivity contribution in [2.24, 2.45) is 0 Å². The molecular weight excluding hydrogens is 142 g/mol. The van der Waals surface area contributed by atoms with Crippen LogP contribution >= 0.6 is 0 Å². The highest BCUT2D eigenvalue weighted by atomic mass is 16.5. The molecule has 0 aliphatic heterocycles. The lowest BCUT2D eigenvalue weighted by molar-refractivity contribution is -0.135. The van der Waals surface area contributed by atoms with Crippen molar-refractivity contribution in [3.63, 3.8) is 0 Å². The van der Waals surface area contributed by atoms with Gasteiger partial charge in [-0.05, 0) is 13.1 Å². The molecule has 0 aliphatic rings. The Morgan fingerprint density at radius 3 is 2.00 bits per heavy atom. The molecule has 0 unspecified atom stereocenters. The van der Waals surface area contributed by atoms with Crippen molar-refractivity contribution in [1.29, 1.82) is 0 Å². The van der Waals surface area contributed by atoms with Gasteiger partial charge in [0.05, 0.1) is 6.26 Å². The fourth-order valence-electron chi connectivity index (χ4n) is 0.367. The van der Waals surface area contributed by atoms with Crippen LogP contribution < -0.4 is 5.32 Å². The van der Waals surface area contributed by atoms with E-state index in [4.69, 9.17) is 0 Å². The third-order valence-electron chi connectivity index (χ3n) is 0.749. The number of carbonyl (C=O) groups excluding carboxylic acids is 1. The van der Waals surface area contributed by atoms with Gasteiger partial charge in [0.15, 0.2) is 0 Å². The van der Waals surface area contributed by atoms with Gasteiger partial charge in [0, 0.05) is 6.92 Å². The van der Waals surface area contributed by atoms with E-state index in [2.05, 4.69) is 30.5 Å². The van der Waals surface area contributed by atoms with E-state index < -0.39 is 0 Å². The zero-order chi connectivity index (χ0) is 9.11. The predicted octanol–water partition coefficient (Wildman–Crippen LogP) is 1.31. The molecule has 0 rings (SSSR count).